The molecule has 0 aliphatic heterocycles. The van der Waals surface area contributed by atoms with Crippen LogP contribution in [-0.4, -0.2) is 13.2 Å². The molecular formula is C15H23NO. The zero-order valence-corrected chi connectivity index (χ0v) is 11.1. The molecule has 2 heteroatoms. The van der Waals surface area contributed by atoms with Crippen LogP contribution < -0.4 is 10.1 Å². The van der Waals surface area contributed by atoms with Crippen molar-refractivity contribution in [2.24, 2.45) is 5.92 Å². The summed E-state index contributed by atoms with van der Waals surface area (Å²) in [6, 6.07) is 6.89. The van der Waals surface area contributed by atoms with E-state index < -0.39 is 0 Å². The molecule has 0 heterocycles. The Morgan fingerprint density at radius 1 is 1.24 bits per heavy atom. The largest absolute Gasteiger partial charge is 0.497 e. The first-order valence-electron chi connectivity index (χ1n) is 6.62. The molecule has 2 nitrogen and oxygen atoms in total. The Labute approximate surface area is 104 Å². The Morgan fingerprint density at radius 2 is 2.00 bits per heavy atom. The molecule has 1 aromatic rings. The molecule has 1 N–H and O–H groups in total. The van der Waals surface area contributed by atoms with E-state index in [9.17, 15) is 0 Å². The molecule has 1 fully saturated rings. The Hall–Kier alpha value is -1.18. The van der Waals surface area contributed by atoms with Crippen molar-refractivity contribution in [2.75, 3.05) is 12.4 Å². The summed E-state index contributed by atoms with van der Waals surface area (Å²) in [5.41, 5.74) is 2.52. The van der Waals surface area contributed by atoms with Gasteiger partial charge in [-0.2, -0.15) is 0 Å². The summed E-state index contributed by atoms with van der Waals surface area (Å²) >= 11 is 0. The molecule has 94 valence electrons. The summed E-state index contributed by atoms with van der Waals surface area (Å²) in [6.45, 7) is 4.49. The minimum Gasteiger partial charge on any atom is -0.497 e. The van der Waals surface area contributed by atoms with E-state index in [0.29, 0.717) is 6.04 Å². The van der Waals surface area contributed by atoms with Gasteiger partial charge < -0.3 is 10.1 Å². The van der Waals surface area contributed by atoms with Crippen LogP contribution >= 0.6 is 0 Å². The maximum atomic E-state index is 5.23. The number of ether oxygens (including phenoxy) is 1. The standard InChI is InChI=1S/C15H23NO/c1-11-6-4-5-7-14(11)16-15-9-8-13(17-3)10-12(15)2/h8-11,14,16H,4-7H2,1-3H3. The third-order valence-corrected chi connectivity index (χ3v) is 3.89. The van der Waals surface area contributed by atoms with E-state index in [2.05, 4.69) is 31.3 Å². The molecule has 2 rings (SSSR count). The quantitative estimate of drug-likeness (QED) is 0.852. The molecule has 1 aromatic carbocycles. The van der Waals surface area contributed by atoms with Gasteiger partial charge in [-0.1, -0.05) is 19.8 Å². The average Bonchev–Trinajstić information content (AvgIpc) is 2.34. The second kappa shape index (κ2) is 5.44. The number of methoxy groups -OCH3 is 1. The fourth-order valence-electron chi connectivity index (χ4n) is 2.66. The highest BCUT2D eigenvalue weighted by atomic mass is 16.5. The molecule has 1 aliphatic carbocycles. The molecule has 2 atom stereocenters. The van der Waals surface area contributed by atoms with E-state index in [4.69, 9.17) is 4.74 Å². The number of anilines is 1. The van der Waals surface area contributed by atoms with Crippen molar-refractivity contribution in [2.45, 2.75) is 45.6 Å². The number of aryl methyl sites for hydroxylation is 1. The van der Waals surface area contributed by atoms with Gasteiger partial charge in [0.1, 0.15) is 5.75 Å². The summed E-state index contributed by atoms with van der Waals surface area (Å²) < 4.78 is 5.23. The van der Waals surface area contributed by atoms with Gasteiger partial charge in [-0.15, -0.1) is 0 Å². The van der Waals surface area contributed by atoms with E-state index in [1.807, 2.05) is 6.07 Å². The molecule has 0 spiro atoms. The van der Waals surface area contributed by atoms with Crippen LogP contribution in [-0.2, 0) is 0 Å². The second-order valence-corrected chi connectivity index (χ2v) is 5.19. The third kappa shape index (κ3) is 2.93. The van der Waals surface area contributed by atoms with Crippen molar-refractivity contribution < 1.29 is 4.74 Å². The normalized spacial score (nSPS) is 24.4. The molecule has 1 saturated carbocycles. The van der Waals surface area contributed by atoms with Gasteiger partial charge in [-0.3, -0.25) is 0 Å². The lowest BCUT2D eigenvalue weighted by Crippen LogP contribution is -2.30. The molecule has 2 unspecified atom stereocenters. The van der Waals surface area contributed by atoms with Gasteiger partial charge >= 0.3 is 0 Å². The number of benzene rings is 1. The van der Waals surface area contributed by atoms with E-state index in [-0.39, 0.29) is 0 Å². The van der Waals surface area contributed by atoms with Crippen LogP contribution in [0.15, 0.2) is 18.2 Å². The summed E-state index contributed by atoms with van der Waals surface area (Å²) in [7, 11) is 1.71. The average molecular weight is 233 g/mol. The number of rotatable bonds is 3. The lowest BCUT2D eigenvalue weighted by atomic mass is 9.85. The SMILES string of the molecule is COc1ccc(NC2CCCCC2C)c(C)c1. The highest BCUT2D eigenvalue weighted by molar-refractivity contribution is 5.54. The van der Waals surface area contributed by atoms with Crippen LogP contribution in [0.2, 0.25) is 0 Å². The van der Waals surface area contributed by atoms with Crippen LogP contribution in [0, 0.1) is 12.8 Å². The minimum absolute atomic E-state index is 0.635. The Balaban J connectivity index is 2.07. The highest BCUT2D eigenvalue weighted by Crippen LogP contribution is 2.29. The van der Waals surface area contributed by atoms with Crippen LogP contribution in [0.4, 0.5) is 5.69 Å². The smallest absolute Gasteiger partial charge is 0.119 e. The van der Waals surface area contributed by atoms with Crippen molar-refractivity contribution >= 4 is 5.69 Å². The predicted molar refractivity (Wildman–Crippen MR) is 72.8 cm³/mol. The highest BCUT2D eigenvalue weighted by Gasteiger charge is 2.21. The molecule has 0 aromatic heterocycles. The fraction of sp³-hybridized carbons (Fsp3) is 0.600. The van der Waals surface area contributed by atoms with Gasteiger partial charge in [0.05, 0.1) is 7.11 Å². The molecule has 0 amide bonds. The molecular weight excluding hydrogens is 210 g/mol. The van der Waals surface area contributed by atoms with Crippen LogP contribution in [0.3, 0.4) is 0 Å². The lowest BCUT2D eigenvalue weighted by molar-refractivity contribution is 0.349. The van der Waals surface area contributed by atoms with Gasteiger partial charge in [-0.05, 0) is 49.4 Å². The zero-order chi connectivity index (χ0) is 12.3. The first kappa shape index (κ1) is 12.3. The second-order valence-electron chi connectivity index (χ2n) is 5.19. The van der Waals surface area contributed by atoms with Gasteiger partial charge in [0.2, 0.25) is 0 Å². The fourth-order valence-corrected chi connectivity index (χ4v) is 2.66. The van der Waals surface area contributed by atoms with E-state index in [1.165, 1.54) is 36.9 Å². The summed E-state index contributed by atoms with van der Waals surface area (Å²) in [5.74, 6) is 1.72. The van der Waals surface area contributed by atoms with Crippen LogP contribution in [0.1, 0.15) is 38.2 Å². The topological polar surface area (TPSA) is 21.3 Å². The monoisotopic (exact) mass is 233 g/mol. The van der Waals surface area contributed by atoms with E-state index >= 15 is 0 Å². The number of hydrogen-bond donors (Lipinski definition) is 1. The summed E-state index contributed by atoms with van der Waals surface area (Å²) in [6.07, 6.45) is 5.40. The van der Waals surface area contributed by atoms with Crippen LogP contribution in [0.25, 0.3) is 0 Å². The minimum atomic E-state index is 0.635. The van der Waals surface area contributed by atoms with Crippen molar-refractivity contribution in [1.29, 1.82) is 0 Å². The molecule has 0 bridgehead atoms. The maximum Gasteiger partial charge on any atom is 0.119 e. The zero-order valence-electron chi connectivity index (χ0n) is 11.1. The Morgan fingerprint density at radius 3 is 2.65 bits per heavy atom. The Bertz CT molecular complexity index is 375. The Kier molecular flexibility index (Phi) is 3.93. The van der Waals surface area contributed by atoms with Crippen LogP contribution in [0.5, 0.6) is 5.75 Å². The van der Waals surface area contributed by atoms with Crippen molar-refractivity contribution in [3.63, 3.8) is 0 Å². The van der Waals surface area contributed by atoms with Crippen molar-refractivity contribution in [3.8, 4) is 5.75 Å². The van der Waals surface area contributed by atoms with Gasteiger partial charge in [0.15, 0.2) is 0 Å². The molecule has 0 radical (unpaired) electrons. The summed E-state index contributed by atoms with van der Waals surface area (Å²) in [5, 5.41) is 3.69. The molecule has 17 heavy (non-hydrogen) atoms. The first-order chi connectivity index (χ1) is 8.20. The van der Waals surface area contributed by atoms with Gasteiger partial charge in [0, 0.05) is 11.7 Å². The van der Waals surface area contributed by atoms with Crippen molar-refractivity contribution in [1.82, 2.24) is 0 Å². The van der Waals surface area contributed by atoms with E-state index in [1.54, 1.807) is 7.11 Å². The third-order valence-electron chi connectivity index (χ3n) is 3.89. The number of nitrogens with one attached hydrogen (secondary N) is 1. The first-order valence-corrected chi connectivity index (χ1v) is 6.62. The van der Waals surface area contributed by atoms with Gasteiger partial charge in [0.25, 0.3) is 0 Å². The predicted octanol–water partition coefficient (Wildman–Crippen LogP) is 3.99. The number of hydrogen-bond acceptors (Lipinski definition) is 2. The lowest BCUT2D eigenvalue weighted by Gasteiger charge is -2.31. The molecule has 0 saturated heterocycles. The van der Waals surface area contributed by atoms with E-state index in [0.717, 1.165) is 11.7 Å². The maximum absolute atomic E-state index is 5.23. The summed E-state index contributed by atoms with van der Waals surface area (Å²) in [4.78, 5) is 0. The molecule has 1 aliphatic rings. The van der Waals surface area contributed by atoms with Crippen molar-refractivity contribution in [3.05, 3.63) is 23.8 Å². The van der Waals surface area contributed by atoms with Gasteiger partial charge in [-0.25, -0.2) is 0 Å².